The molecule has 1 N–H and O–H groups in total. The molecular formula is C9H16N2O2S. The summed E-state index contributed by atoms with van der Waals surface area (Å²) in [7, 11) is 0.826. The molecule has 0 radical (unpaired) electrons. The third-order valence-electron chi connectivity index (χ3n) is 2.96. The van der Waals surface area contributed by atoms with Gasteiger partial charge in [0.05, 0.1) is 0 Å². The number of nitrogens with zero attached hydrogens (tertiary/aromatic N) is 1. The molecule has 0 aromatic rings. The average molecular weight is 216 g/mol. The summed E-state index contributed by atoms with van der Waals surface area (Å²) in [5, 5.41) is 2.93. The van der Waals surface area contributed by atoms with Crippen LogP contribution < -0.4 is 5.32 Å². The Hall–Kier alpha value is -0.420. The standard InChI is InChI=1S/C9H16N2O2S/c1-11-3-2-8(9(11)12)14(13)6-7-4-10-5-7/h7-8,10H,2-6H2,1H3. The zero-order valence-corrected chi connectivity index (χ0v) is 9.18. The fourth-order valence-electron chi connectivity index (χ4n) is 1.85. The Morgan fingerprint density at radius 1 is 1.57 bits per heavy atom. The molecule has 2 unspecified atom stereocenters. The predicted molar refractivity (Wildman–Crippen MR) is 55.4 cm³/mol. The van der Waals surface area contributed by atoms with Crippen LogP contribution in [-0.4, -0.2) is 52.7 Å². The van der Waals surface area contributed by atoms with Crippen LogP contribution in [0, 0.1) is 5.92 Å². The van der Waals surface area contributed by atoms with E-state index in [0.717, 1.165) is 26.1 Å². The van der Waals surface area contributed by atoms with Crippen LogP contribution in [0.2, 0.25) is 0 Å². The summed E-state index contributed by atoms with van der Waals surface area (Å²) in [6, 6.07) is 0. The molecule has 0 aliphatic carbocycles. The highest BCUT2D eigenvalue weighted by atomic mass is 32.2. The lowest BCUT2D eigenvalue weighted by atomic mass is 10.1. The molecule has 0 spiro atoms. The van der Waals surface area contributed by atoms with E-state index in [4.69, 9.17) is 0 Å². The molecule has 14 heavy (non-hydrogen) atoms. The van der Waals surface area contributed by atoms with Crippen molar-refractivity contribution in [2.75, 3.05) is 32.4 Å². The average Bonchev–Trinajstić information content (AvgIpc) is 2.41. The van der Waals surface area contributed by atoms with Gasteiger partial charge in [-0.25, -0.2) is 0 Å². The first-order valence-corrected chi connectivity index (χ1v) is 6.39. The number of carbonyl (C=O) groups is 1. The van der Waals surface area contributed by atoms with E-state index in [-0.39, 0.29) is 11.2 Å². The molecule has 80 valence electrons. The summed E-state index contributed by atoms with van der Waals surface area (Å²) in [5.41, 5.74) is 0. The van der Waals surface area contributed by atoms with Crippen molar-refractivity contribution < 1.29 is 9.00 Å². The fourth-order valence-corrected chi connectivity index (χ4v) is 3.55. The van der Waals surface area contributed by atoms with Gasteiger partial charge in [0.25, 0.3) is 0 Å². The fraction of sp³-hybridized carbons (Fsp3) is 0.889. The second-order valence-corrected chi connectivity index (χ2v) is 5.77. The van der Waals surface area contributed by atoms with E-state index in [9.17, 15) is 9.00 Å². The summed E-state index contributed by atoms with van der Waals surface area (Å²) >= 11 is 0. The molecule has 2 aliphatic heterocycles. The normalized spacial score (nSPS) is 30.5. The molecule has 2 aliphatic rings. The summed E-state index contributed by atoms with van der Waals surface area (Å²) in [6.07, 6.45) is 0.766. The van der Waals surface area contributed by atoms with Gasteiger partial charge in [-0.15, -0.1) is 0 Å². The molecule has 4 nitrogen and oxygen atoms in total. The van der Waals surface area contributed by atoms with Crippen LogP contribution in [0.25, 0.3) is 0 Å². The van der Waals surface area contributed by atoms with Gasteiger partial charge in [0.15, 0.2) is 0 Å². The van der Waals surface area contributed by atoms with E-state index in [1.165, 1.54) is 0 Å². The van der Waals surface area contributed by atoms with Crippen LogP contribution in [0.15, 0.2) is 0 Å². The lowest BCUT2D eigenvalue weighted by Gasteiger charge is -2.27. The van der Waals surface area contributed by atoms with Crippen LogP contribution in [0.5, 0.6) is 0 Å². The number of likely N-dealkylation sites (tertiary alicyclic amines) is 1. The van der Waals surface area contributed by atoms with Gasteiger partial charge >= 0.3 is 0 Å². The van der Waals surface area contributed by atoms with Gasteiger partial charge in [0.2, 0.25) is 5.91 Å². The van der Waals surface area contributed by atoms with Gasteiger partial charge in [0, 0.05) is 43.2 Å². The number of amides is 1. The first-order valence-electron chi connectivity index (χ1n) is 5.01. The Morgan fingerprint density at radius 2 is 2.29 bits per heavy atom. The summed E-state index contributed by atoms with van der Waals surface area (Å²) in [5.74, 6) is 1.28. The highest BCUT2D eigenvalue weighted by Gasteiger charge is 2.35. The highest BCUT2D eigenvalue weighted by molar-refractivity contribution is 7.86. The maximum absolute atomic E-state index is 11.8. The maximum atomic E-state index is 11.8. The smallest absolute Gasteiger partial charge is 0.238 e. The lowest BCUT2D eigenvalue weighted by Crippen LogP contribution is -2.46. The van der Waals surface area contributed by atoms with Crippen LogP contribution in [-0.2, 0) is 15.6 Å². The van der Waals surface area contributed by atoms with Crippen molar-refractivity contribution in [3.63, 3.8) is 0 Å². The molecule has 2 saturated heterocycles. The zero-order chi connectivity index (χ0) is 10.1. The number of nitrogens with one attached hydrogen (secondary N) is 1. The summed E-state index contributed by atoms with van der Waals surface area (Å²) < 4.78 is 11.8. The topological polar surface area (TPSA) is 49.4 Å². The van der Waals surface area contributed by atoms with E-state index >= 15 is 0 Å². The largest absolute Gasteiger partial charge is 0.345 e. The number of hydrogen-bond acceptors (Lipinski definition) is 3. The van der Waals surface area contributed by atoms with E-state index in [0.29, 0.717) is 11.7 Å². The van der Waals surface area contributed by atoms with E-state index in [1.54, 1.807) is 11.9 Å². The van der Waals surface area contributed by atoms with Gasteiger partial charge in [-0.2, -0.15) is 0 Å². The Bertz CT molecular complexity index is 266. The first kappa shape index (κ1) is 10.1. The highest BCUT2D eigenvalue weighted by Crippen LogP contribution is 2.17. The lowest BCUT2D eigenvalue weighted by molar-refractivity contribution is -0.126. The molecule has 0 aromatic carbocycles. The first-order chi connectivity index (χ1) is 6.68. The van der Waals surface area contributed by atoms with Crippen molar-refractivity contribution in [2.24, 2.45) is 5.92 Å². The van der Waals surface area contributed by atoms with E-state index in [2.05, 4.69) is 5.32 Å². The zero-order valence-electron chi connectivity index (χ0n) is 8.36. The second kappa shape index (κ2) is 3.98. The van der Waals surface area contributed by atoms with Crippen molar-refractivity contribution in [3.05, 3.63) is 0 Å². The quantitative estimate of drug-likeness (QED) is 0.671. The molecule has 0 bridgehead atoms. The van der Waals surface area contributed by atoms with Crippen LogP contribution in [0.3, 0.4) is 0 Å². The molecule has 2 fully saturated rings. The van der Waals surface area contributed by atoms with Crippen molar-refractivity contribution in [1.82, 2.24) is 10.2 Å². The van der Waals surface area contributed by atoms with E-state index < -0.39 is 10.8 Å². The Balaban J connectivity index is 1.88. The van der Waals surface area contributed by atoms with Crippen molar-refractivity contribution in [3.8, 4) is 0 Å². The number of carbonyl (C=O) groups excluding carboxylic acids is 1. The molecule has 2 rings (SSSR count). The van der Waals surface area contributed by atoms with Crippen molar-refractivity contribution in [1.29, 1.82) is 0 Å². The third kappa shape index (κ3) is 1.83. The van der Waals surface area contributed by atoms with Gasteiger partial charge in [0.1, 0.15) is 5.25 Å². The maximum Gasteiger partial charge on any atom is 0.238 e. The van der Waals surface area contributed by atoms with E-state index in [1.807, 2.05) is 0 Å². The van der Waals surface area contributed by atoms with Gasteiger partial charge in [-0.1, -0.05) is 0 Å². The molecule has 1 amide bonds. The van der Waals surface area contributed by atoms with Gasteiger partial charge < -0.3 is 10.2 Å². The molecular weight excluding hydrogens is 200 g/mol. The minimum absolute atomic E-state index is 0.0654. The number of hydrogen-bond donors (Lipinski definition) is 1. The second-order valence-electron chi connectivity index (χ2n) is 4.11. The molecule has 0 saturated carbocycles. The van der Waals surface area contributed by atoms with Crippen LogP contribution in [0.4, 0.5) is 0 Å². The minimum Gasteiger partial charge on any atom is -0.345 e. The van der Waals surface area contributed by atoms with Gasteiger partial charge in [-0.3, -0.25) is 9.00 Å². The van der Waals surface area contributed by atoms with Crippen LogP contribution >= 0.6 is 0 Å². The third-order valence-corrected chi connectivity index (χ3v) is 4.83. The Morgan fingerprint density at radius 3 is 2.71 bits per heavy atom. The predicted octanol–water partition coefficient (Wildman–Crippen LogP) is -0.815. The summed E-state index contributed by atoms with van der Waals surface area (Å²) in [6.45, 7) is 2.68. The molecule has 2 heterocycles. The monoisotopic (exact) mass is 216 g/mol. The minimum atomic E-state index is -0.956. The van der Waals surface area contributed by atoms with Gasteiger partial charge in [-0.05, 0) is 12.3 Å². The molecule has 5 heteroatoms. The SMILES string of the molecule is CN1CCC(S(=O)CC2CNC2)C1=O. The van der Waals surface area contributed by atoms with Crippen LogP contribution in [0.1, 0.15) is 6.42 Å². The number of rotatable bonds is 3. The molecule has 2 atom stereocenters. The Labute approximate surface area is 86.5 Å². The molecule has 0 aromatic heterocycles. The van der Waals surface area contributed by atoms with Crippen molar-refractivity contribution >= 4 is 16.7 Å². The summed E-state index contributed by atoms with van der Waals surface area (Å²) in [4.78, 5) is 13.2. The van der Waals surface area contributed by atoms with Crippen molar-refractivity contribution in [2.45, 2.75) is 11.7 Å². The Kier molecular flexibility index (Phi) is 2.88.